The second-order valence-corrected chi connectivity index (χ2v) is 6.52. The smallest absolute Gasteiger partial charge is 0.248 e. The van der Waals surface area contributed by atoms with Crippen LogP contribution in [0.3, 0.4) is 0 Å². The highest BCUT2D eigenvalue weighted by Gasteiger charge is 2.49. The van der Waals surface area contributed by atoms with Crippen molar-refractivity contribution in [1.82, 2.24) is 10.2 Å². The maximum atomic E-state index is 12.6. The van der Waals surface area contributed by atoms with Gasteiger partial charge < -0.3 is 10.2 Å². The van der Waals surface area contributed by atoms with Crippen LogP contribution in [0.4, 0.5) is 0 Å². The van der Waals surface area contributed by atoms with Crippen LogP contribution in [0, 0.1) is 6.92 Å². The second kappa shape index (κ2) is 4.62. The van der Waals surface area contributed by atoms with Crippen LogP contribution in [0.2, 0.25) is 0 Å². The van der Waals surface area contributed by atoms with E-state index in [-0.39, 0.29) is 11.8 Å². The van der Waals surface area contributed by atoms with Crippen molar-refractivity contribution in [1.29, 1.82) is 0 Å². The molecule has 0 saturated carbocycles. The Hall–Kier alpha value is -1.84. The lowest BCUT2D eigenvalue weighted by atomic mass is 9.89. The zero-order valence-electron chi connectivity index (χ0n) is 12.8. The van der Waals surface area contributed by atoms with E-state index in [1.807, 2.05) is 31.2 Å². The van der Waals surface area contributed by atoms with Crippen LogP contribution in [0.5, 0.6) is 0 Å². The van der Waals surface area contributed by atoms with Gasteiger partial charge in [0.25, 0.3) is 0 Å². The number of carbonyl (C=O) groups is 2. The zero-order valence-corrected chi connectivity index (χ0v) is 12.8. The minimum absolute atomic E-state index is 0.0522. The fourth-order valence-corrected chi connectivity index (χ4v) is 2.47. The summed E-state index contributed by atoms with van der Waals surface area (Å²) in [5.41, 5.74) is 0.498. The monoisotopic (exact) mass is 274 g/mol. The van der Waals surface area contributed by atoms with Gasteiger partial charge in [-0.3, -0.25) is 9.59 Å². The number of benzene rings is 1. The van der Waals surface area contributed by atoms with Crippen molar-refractivity contribution in [2.45, 2.75) is 52.2 Å². The van der Waals surface area contributed by atoms with Crippen molar-refractivity contribution in [2.75, 3.05) is 0 Å². The van der Waals surface area contributed by atoms with Gasteiger partial charge in [0.05, 0.1) is 0 Å². The van der Waals surface area contributed by atoms with Crippen LogP contribution in [0.25, 0.3) is 0 Å². The molecule has 1 aliphatic heterocycles. The average Bonchev–Trinajstić information content (AvgIpc) is 2.33. The van der Waals surface area contributed by atoms with E-state index in [0.717, 1.165) is 11.1 Å². The third kappa shape index (κ3) is 2.42. The Balaban J connectivity index is 2.36. The van der Waals surface area contributed by atoms with E-state index in [4.69, 9.17) is 0 Å². The molecule has 2 rings (SSSR count). The minimum atomic E-state index is -0.851. The van der Waals surface area contributed by atoms with Gasteiger partial charge in [-0.2, -0.15) is 0 Å². The first-order valence-corrected chi connectivity index (χ1v) is 6.85. The maximum Gasteiger partial charge on any atom is 0.248 e. The molecule has 1 N–H and O–H groups in total. The Bertz CT molecular complexity index is 561. The number of nitrogens with one attached hydrogen (secondary N) is 1. The van der Waals surface area contributed by atoms with Gasteiger partial charge in [-0.05, 0) is 40.2 Å². The van der Waals surface area contributed by atoms with E-state index < -0.39 is 11.1 Å². The summed E-state index contributed by atoms with van der Waals surface area (Å²) in [6.07, 6.45) is 0. The van der Waals surface area contributed by atoms with E-state index in [9.17, 15) is 9.59 Å². The Kier molecular flexibility index (Phi) is 3.36. The Labute approximate surface area is 120 Å². The second-order valence-electron chi connectivity index (χ2n) is 6.52. The van der Waals surface area contributed by atoms with Crippen molar-refractivity contribution < 1.29 is 9.59 Å². The van der Waals surface area contributed by atoms with Gasteiger partial charge >= 0.3 is 0 Å². The highest BCUT2D eigenvalue weighted by molar-refractivity contribution is 6.01. The lowest BCUT2D eigenvalue weighted by Crippen LogP contribution is -2.71. The third-order valence-electron chi connectivity index (χ3n) is 3.86. The van der Waals surface area contributed by atoms with Crippen LogP contribution in [0.1, 0.15) is 38.8 Å². The lowest BCUT2D eigenvalue weighted by molar-refractivity contribution is -0.160. The summed E-state index contributed by atoms with van der Waals surface area (Å²) in [4.78, 5) is 26.5. The number of piperazine rings is 1. The quantitative estimate of drug-likeness (QED) is 0.897. The first-order valence-electron chi connectivity index (χ1n) is 6.85. The van der Waals surface area contributed by atoms with Gasteiger partial charge in [0, 0.05) is 6.54 Å². The van der Waals surface area contributed by atoms with Gasteiger partial charge in [0.1, 0.15) is 11.1 Å². The topological polar surface area (TPSA) is 49.4 Å². The summed E-state index contributed by atoms with van der Waals surface area (Å²) in [5, 5.41) is 2.79. The molecule has 1 saturated heterocycles. The molecule has 4 nitrogen and oxygen atoms in total. The molecule has 20 heavy (non-hydrogen) atoms. The summed E-state index contributed by atoms with van der Waals surface area (Å²) in [7, 11) is 0. The molecule has 1 aliphatic rings. The largest absolute Gasteiger partial charge is 0.340 e. The van der Waals surface area contributed by atoms with Crippen LogP contribution < -0.4 is 5.32 Å². The SMILES string of the molecule is Cc1cccc(CN2C(=O)C(C)(C)NC(=O)C2(C)C)c1. The molecule has 1 aromatic carbocycles. The van der Waals surface area contributed by atoms with Gasteiger partial charge in [-0.1, -0.05) is 29.8 Å². The van der Waals surface area contributed by atoms with Crippen LogP contribution in [-0.2, 0) is 16.1 Å². The van der Waals surface area contributed by atoms with E-state index in [1.54, 1.807) is 32.6 Å². The Morgan fingerprint density at radius 3 is 2.40 bits per heavy atom. The van der Waals surface area contributed by atoms with Crippen LogP contribution in [0.15, 0.2) is 24.3 Å². The predicted molar refractivity (Wildman–Crippen MR) is 78.0 cm³/mol. The van der Waals surface area contributed by atoms with Crippen molar-refractivity contribution >= 4 is 11.8 Å². The standard InChI is InChI=1S/C16H22N2O2/c1-11-7-6-8-12(9-11)10-18-14(20)15(2,3)17-13(19)16(18,4)5/h6-9H,10H2,1-5H3,(H,17,19). The minimum Gasteiger partial charge on any atom is -0.340 e. The van der Waals surface area contributed by atoms with Crippen molar-refractivity contribution in [3.63, 3.8) is 0 Å². The number of hydrogen-bond donors (Lipinski definition) is 1. The van der Waals surface area contributed by atoms with E-state index in [1.165, 1.54) is 0 Å². The molecule has 0 aliphatic carbocycles. The summed E-state index contributed by atoms with van der Waals surface area (Å²) in [5.74, 6) is -0.168. The maximum absolute atomic E-state index is 12.6. The number of nitrogens with zero attached hydrogens (tertiary/aromatic N) is 1. The number of rotatable bonds is 2. The number of carbonyl (C=O) groups excluding carboxylic acids is 2. The van der Waals surface area contributed by atoms with E-state index in [2.05, 4.69) is 5.32 Å². The van der Waals surface area contributed by atoms with Crippen LogP contribution in [-0.4, -0.2) is 27.8 Å². The first-order chi connectivity index (χ1) is 9.14. The molecular weight excluding hydrogens is 252 g/mol. The highest BCUT2D eigenvalue weighted by Crippen LogP contribution is 2.27. The zero-order chi connectivity index (χ0) is 15.1. The van der Waals surface area contributed by atoms with Crippen molar-refractivity contribution in [2.24, 2.45) is 0 Å². The summed E-state index contributed by atoms with van der Waals surface area (Å²) in [6, 6.07) is 8.01. The van der Waals surface area contributed by atoms with Crippen molar-refractivity contribution in [3.05, 3.63) is 35.4 Å². The lowest BCUT2D eigenvalue weighted by Gasteiger charge is -2.47. The number of hydrogen-bond acceptors (Lipinski definition) is 2. The molecule has 2 amide bonds. The van der Waals surface area contributed by atoms with Crippen LogP contribution >= 0.6 is 0 Å². The Morgan fingerprint density at radius 1 is 1.15 bits per heavy atom. The highest BCUT2D eigenvalue weighted by atomic mass is 16.2. The molecule has 0 aromatic heterocycles. The molecule has 0 spiro atoms. The molecule has 0 unspecified atom stereocenters. The summed E-state index contributed by atoms with van der Waals surface area (Å²) in [6.45, 7) is 9.52. The fourth-order valence-electron chi connectivity index (χ4n) is 2.47. The normalized spacial score (nSPS) is 20.8. The molecule has 4 heteroatoms. The third-order valence-corrected chi connectivity index (χ3v) is 3.86. The molecule has 108 valence electrons. The first kappa shape index (κ1) is 14.6. The summed E-state index contributed by atoms with van der Waals surface area (Å²) >= 11 is 0. The molecule has 0 radical (unpaired) electrons. The molecular formula is C16H22N2O2. The van der Waals surface area contributed by atoms with Gasteiger partial charge in [0.2, 0.25) is 11.8 Å². The predicted octanol–water partition coefficient (Wildman–Crippen LogP) is 2.01. The van der Waals surface area contributed by atoms with Crippen molar-refractivity contribution in [3.8, 4) is 0 Å². The van der Waals surface area contributed by atoms with E-state index >= 15 is 0 Å². The molecule has 0 atom stereocenters. The Morgan fingerprint density at radius 2 is 1.80 bits per heavy atom. The molecule has 1 aromatic rings. The van der Waals surface area contributed by atoms with E-state index in [0.29, 0.717) is 6.54 Å². The van der Waals surface area contributed by atoms with Gasteiger partial charge in [0.15, 0.2) is 0 Å². The molecule has 1 heterocycles. The molecule has 1 fully saturated rings. The number of amides is 2. The van der Waals surface area contributed by atoms with Gasteiger partial charge in [-0.25, -0.2) is 0 Å². The number of aryl methyl sites for hydroxylation is 1. The average molecular weight is 274 g/mol. The van der Waals surface area contributed by atoms with Gasteiger partial charge in [-0.15, -0.1) is 0 Å². The molecule has 0 bridgehead atoms. The summed E-state index contributed by atoms with van der Waals surface area (Å²) < 4.78 is 0. The fraction of sp³-hybridized carbons (Fsp3) is 0.500.